The summed E-state index contributed by atoms with van der Waals surface area (Å²) in [6.07, 6.45) is 4.46. The van der Waals surface area contributed by atoms with Crippen LogP contribution in [0.2, 0.25) is 0 Å². The van der Waals surface area contributed by atoms with Crippen molar-refractivity contribution in [1.82, 2.24) is 15.5 Å². The molecule has 0 radical (unpaired) electrons. The molecule has 0 spiro atoms. The maximum Gasteiger partial charge on any atom is 0.191 e. The molecule has 0 amide bonds. The zero-order chi connectivity index (χ0) is 16.5. The molecule has 0 rings (SSSR count). The molecule has 6 nitrogen and oxygen atoms in total. The van der Waals surface area contributed by atoms with Gasteiger partial charge >= 0.3 is 0 Å². The van der Waals surface area contributed by atoms with Gasteiger partial charge in [0.2, 0.25) is 0 Å². The molecule has 140 valence electrons. The quantitative estimate of drug-likeness (QED) is 0.186. The molecule has 0 aliphatic heterocycles. The zero-order valence-electron chi connectivity index (χ0n) is 15.4. The van der Waals surface area contributed by atoms with Crippen molar-refractivity contribution in [2.24, 2.45) is 4.99 Å². The molecule has 0 bridgehead atoms. The van der Waals surface area contributed by atoms with Gasteiger partial charge in [0.15, 0.2) is 5.96 Å². The smallest absolute Gasteiger partial charge is 0.191 e. The number of unbranched alkanes of at least 4 members (excludes halogenated alkanes) is 2. The van der Waals surface area contributed by atoms with Crippen LogP contribution in [0.1, 0.15) is 32.6 Å². The first kappa shape index (κ1) is 25.1. The van der Waals surface area contributed by atoms with Gasteiger partial charge in [-0.2, -0.15) is 0 Å². The average Bonchev–Trinajstić information content (AvgIpc) is 2.51. The van der Waals surface area contributed by atoms with Gasteiger partial charge in [-0.05, 0) is 39.7 Å². The Kier molecular flexibility index (Phi) is 21.8. The van der Waals surface area contributed by atoms with Crippen molar-refractivity contribution in [2.75, 3.05) is 67.2 Å². The summed E-state index contributed by atoms with van der Waals surface area (Å²) in [6.45, 7) is 8.47. The third-order valence-electron chi connectivity index (χ3n) is 3.29. The molecule has 2 N–H and O–H groups in total. The van der Waals surface area contributed by atoms with Crippen LogP contribution in [0.25, 0.3) is 0 Å². The molecular formula is C16H37IN4O2. The van der Waals surface area contributed by atoms with Gasteiger partial charge in [0.05, 0.1) is 0 Å². The lowest BCUT2D eigenvalue weighted by molar-refractivity contribution is 0.180. The van der Waals surface area contributed by atoms with E-state index in [1.54, 1.807) is 14.2 Å². The van der Waals surface area contributed by atoms with Crippen LogP contribution in [0.5, 0.6) is 0 Å². The normalized spacial score (nSPS) is 11.4. The highest BCUT2D eigenvalue weighted by Gasteiger charge is 2.00. The summed E-state index contributed by atoms with van der Waals surface area (Å²) < 4.78 is 10.1. The lowest BCUT2D eigenvalue weighted by Gasteiger charge is -2.18. The minimum absolute atomic E-state index is 0. The van der Waals surface area contributed by atoms with Crippen LogP contribution in [0.3, 0.4) is 0 Å². The number of methoxy groups -OCH3 is 2. The van der Waals surface area contributed by atoms with Gasteiger partial charge in [-0.1, -0.05) is 0 Å². The van der Waals surface area contributed by atoms with Crippen molar-refractivity contribution in [3.05, 3.63) is 0 Å². The van der Waals surface area contributed by atoms with Crippen molar-refractivity contribution in [3.8, 4) is 0 Å². The largest absolute Gasteiger partial charge is 0.385 e. The first-order chi connectivity index (χ1) is 10.7. The highest BCUT2D eigenvalue weighted by atomic mass is 127. The van der Waals surface area contributed by atoms with Crippen molar-refractivity contribution in [2.45, 2.75) is 32.6 Å². The number of guanidine groups is 1. The molecular weight excluding hydrogens is 407 g/mol. The predicted molar refractivity (Wildman–Crippen MR) is 109 cm³/mol. The molecule has 0 heterocycles. The van der Waals surface area contributed by atoms with Crippen molar-refractivity contribution >= 4 is 29.9 Å². The monoisotopic (exact) mass is 444 g/mol. The molecule has 0 aromatic carbocycles. The second-order valence-corrected chi connectivity index (χ2v) is 5.39. The van der Waals surface area contributed by atoms with Gasteiger partial charge in [0.1, 0.15) is 0 Å². The Balaban J connectivity index is 0. The average molecular weight is 444 g/mol. The molecule has 0 aromatic rings. The highest BCUT2D eigenvalue weighted by Crippen LogP contribution is 1.95. The van der Waals surface area contributed by atoms with E-state index in [1.165, 1.54) is 6.42 Å². The number of halogens is 1. The highest BCUT2D eigenvalue weighted by molar-refractivity contribution is 14.0. The zero-order valence-corrected chi connectivity index (χ0v) is 17.7. The number of hydrogen-bond acceptors (Lipinski definition) is 4. The van der Waals surface area contributed by atoms with E-state index in [9.17, 15) is 0 Å². The van der Waals surface area contributed by atoms with Gasteiger partial charge < -0.3 is 25.0 Å². The SMILES string of the molecule is CCNC(=NCCCCCOC)NCCN(C)CCCOC.I. The Labute approximate surface area is 159 Å². The number of likely N-dealkylation sites (N-methyl/N-ethyl adjacent to an activating group) is 1. The van der Waals surface area contributed by atoms with Crippen LogP contribution in [0.15, 0.2) is 4.99 Å². The Morgan fingerprint density at radius 1 is 0.957 bits per heavy atom. The molecule has 0 saturated heterocycles. The van der Waals surface area contributed by atoms with E-state index >= 15 is 0 Å². The van der Waals surface area contributed by atoms with Gasteiger partial charge in [0, 0.05) is 60.2 Å². The Morgan fingerprint density at radius 3 is 2.30 bits per heavy atom. The summed E-state index contributed by atoms with van der Waals surface area (Å²) in [5.74, 6) is 0.916. The molecule has 0 fully saturated rings. The number of aliphatic imine (C=N–C) groups is 1. The molecule has 0 aromatic heterocycles. The Morgan fingerprint density at radius 2 is 1.65 bits per heavy atom. The molecule has 0 atom stereocenters. The summed E-state index contributed by atoms with van der Waals surface area (Å²) in [6, 6.07) is 0. The number of nitrogens with zero attached hydrogens (tertiary/aromatic N) is 2. The van der Waals surface area contributed by atoms with Gasteiger partial charge in [0.25, 0.3) is 0 Å². The number of nitrogens with one attached hydrogen (secondary N) is 2. The second-order valence-electron chi connectivity index (χ2n) is 5.39. The van der Waals surface area contributed by atoms with Crippen LogP contribution >= 0.6 is 24.0 Å². The van der Waals surface area contributed by atoms with E-state index in [0.717, 1.165) is 71.2 Å². The van der Waals surface area contributed by atoms with Gasteiger partial charge in [-0.25, -0.2) is 0 Å². The van der Waals surface area contributed by atoms with Crippen molar-refractivity contribution in [3.63, 3.8) is 0 Å². The fourth-order valence-corrected chi connectivity index (χ4v) is 2.02. The summed E-state index contributed by atoms with van der Waals surface area (Å²) in [7, 11) is 5.63. The van der Waals surface area contributed by atoms with Crippen LogP contribution in [0, 0.1) is 0 Å². The number of hydrogen-bond donors (Lipinski definition) is 2. The Hall–Kier alpha value is -0.120. The van der Waals surface area contributed by atoms with E-state index < -0.39 is 0 Å². The van der Waals surface area contributed by atoms with E-state index in [4.69, 9.17) is 9.47 Å². The van der Waals surface area contributed by atoms with E-state index in [2.05, 4.69) is 34.5 Å². The van der Waals surface area contributed by atoms with Crippen LogP contribution in [-0.2, 0) is 9.47 Å². The molecule has 0 aliphatic carbocycles. The van der Waals surface area contributed by atoms with E-state index in [1.807, 2.05) is 0 Å². The summed E-state index contributed by atoms with van der Waals surface area (Å²) >= 11 is 0. The lowest BCUT2D eigenvalue weighted by Crippen LogP contribution is -2.41. The molecule has 0 aliphatic rings. The first-order valence-corrected chi connectivity index (χ1v) is 8.43. The van der Waals surface area contributed by atoms with Crippen LogP contribution in [-0.4, -0.2) is 78.1 Å². The Bertz CT molecular complexity index is 268. The molecule has 7 heteroatoms. The van der Waals surface area contributed by atoms with E-state index in [-0.39, 0.29) is 24.0 Å². The van der Waals surface area contributed by atoms with Crippen LogP contribution in [0.4, 0.5) is 0 Å². The maximum atomic E-state index is 5.07. The summed E-state index contributed by atoms with van der Waals surface area (Å²) in [5.41, 5.74) is 0. The lowest BCUT2D eigenvalue weighted by atomic mass is 10.2. The predicted octanol–water partition coefficient (Wildman–Crippen LogP) is 1.94. The minimum atomic E-state index is 0. The topological polar surface area (TPSA) is 58.1 Å². The third-order valence-corrected chi connectivity index (χ3v) is 3.29. The summed E-state index contributed by atoms with van der Waals surface area (Å²) in [4.78, 5) is 6.90. The number of rotatable bonds is 14. The fourth-order valence-electron chi connectivity index (χ4n) is 2.02. The molecule has 23 heavy (non-hydrogen) atoms. The molecule has 0 saturated carbocycles. The summed E-state index contributed by atoms with van der Waals surface area (Å²) in [5, 5.41) is 6.67. The number of ether oxygens (including phenoxy) is 2. The van der Waals surface area contributed by atoms with Crippen LogP contribution < -0.4 is 10.6 Å². The third kappa shape index (κ3) is 18.1. The minimum Gasteiger partial charge on any atom is -0.385 e. The first-order valence-electron chi connectivity index (χ1n) is 8.43. The fraction of sp³-hybridized carbons (Fsp3) is 0.938. The van der Waals surface area contributed by atoms with Gasteiger partial charge in [-0.3, -0.25) is 4.99 Å². The van der Waals surface area contributed by atoms with E-state index in [0.29, 0.717) is 0 Å². The van der Waals surface area contributed by atoms with Crippen molar-refractivity contribution < 1.29 is 9.47 Å². The maximum absolute atomic E-state index is 5.07. The standard InChI is InChI=1S/C16H36N4O2.HI/c1-5-17-16(18-10-7-6-8-14-21-3)19-11-13-20(2)12-9-15-22-4;/h5-15H2,1-4H3,(H2,17,18,19);1H. The van der Waals surface area contributed by atoms with Crippen molar-refractivity contribution in [1.29, 1.82) is 0 Å². The second kappa shape index (κ2) is 19.9. The molecule has 0 unspecified atom stereocenters. The van der Waals surface area contributed by atoms with Gasteiger partial charge in [-0.15, -0.1) is 24.0 Å².